The lowest BCUT2D eigenvalue weighted by Gasteiger charge is -2.37. The number of likely N-dealkylation sites (tertiary alicyclic amines) is 1. The monoisotopic (exact) mass is 392 g/mol. The topological polar surface area (TPSA) is 63.2 Å². The molecule has 3 fully saturated rings. The molecule has 1 unspecified atom stereocenters. The number of nitrogens with one attached hydrogen (secondary N) is 2. The maximum Gasteiger partial charge on any atom is 0.234 e. The van der Waals surface area contributed by atoms with Gasteiger partial charge in [-0.2, -0.15) is 0 Å². The summed E-state index contributed by atoms with van der Waals surface area (Å²) in [6, 6.07) is 0.452. The lowest BCUT2D eigenvalue weighted by Crippen LogP contribution is -2.55. The minimum atomic E-state index is 0.182. The van der Waals surface area contributed by atoms with Crippen LogP contribution in [0.5, 0.6) is 0 Å². The molecule has 2 N–H and O–H groups in total. The van der Waals surface area contributed by atoms with Crippen molar-refractivity contribution in [3.05, 3.63) is 0 Å². The highest BCUT2D eigenvalue weighted by Gasteiger charge is 2.26. The SMILES string of the molecule is CN=C(NCC1CCCN(CC(C)C)C1)N1CCN(CC(=O)NC2CC2)CC1. The summed E-state index contributed by atoms with van der Waals surface area (Å²) >= 11 is 0. The second kappa shape index (κ2) is 10.4. The Hall–Kier alpha value is -1.34. The summed E-state index contributed by atoms with van der Waals surface area (Å²) in [5.41, 5.74) is 0. The van der Waals surface area contributed by atoms with Crippen LogP contribution >= 0.6 is 0 Å². The van der Waals surface area contributed by atoms with Crippen molar-refractivity contribution in [1.82, 2.24) is 25.3 Å². The van der Waals surface area contributed by atoms with Gasteiger partial charge in [-0.25, -0.2) is 0 Å². The quantitative estimate of drug-likeness (QED) is 0.496. The molecule has 1 atom stereocenters. The first-order valence-corrected chi connectivity index (χ1v) is 11.2. The number of nitrogens with zero attached hydrogens (tertiary/aromatic N) is 4. The molecule has 7 heteroatoms. The zero-order chi connectivity index (χ0) is 19.9. The molecule has 28 heavy (non-hydrogen) atoms. The van der Waals surface area contributed by atoms with Gasteiger partial charge in [-0.05, 0) is 44.1 Å². The number of hydrogen-bond acceptors (Lipinski definition) is 4. The first-order valence-electron chi connectivity index (χ1n) is 11.2. The highest BCUT2D eigenvalue weighted by atomic mass is 16.2. The van der Waals surface area contributed by atoms with E-state index >= 15 is 0 Å². The predicted molar refractivity (Wildman–Crippen MR) is 115 cm³/mol. The standard InChI is InChI=1S/C21H40N6O/c1-17(2)14-26-8-4-5-18(15-26)13-23-21(22-3)27-11-9-25(10-12-27)16-20(28)24-19-6-7-19/h17-19H,4-16H2,1-3H3,(H,22,23)(H,24,28). The lowest BCUT2D eigenvalue weighted by molar-refractivity contribution is -0.122. The molecule has 0 radical (unpaired) electrons. The van der Waals surface area contributed by atoms with Gasteiger partial charge in [0.2, 0.25) is 5.91 Å². The summed E-state index contributed by atoms with van der Waals surface area (Å²) in [7, 11) is 1.88. The van der Waals surface area contributed by atoms with Crippen LogP contribution in [0.25, 0.3) is 0 Å². The van der Waals surface area contributed by atoms with Gasteiger partial charge in [0.05, 0.1) is 6.54 Å². The van der Waals surface area contributed by atoms with Gasteiger partial charge in [-0.3, -0.25) is 14.7 Å². The van der Waals surface area contributed by atoms with E-state index in [-0.39, 0.29) is 5.91 Å². The van der Waals surface area contributed by atoms with Crippen molar-refractivity contribution in [2.24, 2.45) is 16.8 Å². The van der Waals surface area contributed by atoms with E-state index in [1.165, 1.54) is 32.5 Å². The van der Waals surface area contributed by atoms with Gasteiger partial charge in [0, 0.05) is 58.9 Å². The third-order valence-corrected chi connectivity index (χ3v) is 5.97. The van der Waals surface area contributed by atoms with Crippen molar-refractivity contribution in [2.45, 2.75) is 45.6 Å². The largest absolute Gasteiger partial charge is 0.356 e. The Labute approximate surface area is 170 Å². The summed E-state index contributed by atoms with van der Waals surface area (Å²) in [4.78, 5) is 23.7. The van der Waals surface area contributed by atoms with E-state index in [1.807, 2.05) is 7.05 Å². The Morgan fingerprint density at radius 3 is 2.46 bits per heavy atom. The predicted octanol–water partition coefficient (Wildman–Crippen LogP) is 0.826. The maximum absolute atomic E-state index is 12.0. The molecule has 3 aliphatic rings. The van der Waals surface area contributed by atoms with Gasteiger partial charge >= 0.3 is 0 Å². The Morgan fingerprint density at radius 2 is 1.82 bits per heavy atom. The molecule has 7 nitrogen and oxygen atoms in total. The number of amides is 1. The van der Waals surface area contributed by atoms with Crippen LogP contribution in [0.2, 0.25) is 0 Å². The van der Waals surface area contributed by atoms with Crippen LogP contribution in [0.4, 0.5) is 0 Å². The second-order valence-corrected chi connectivity index (χ2v) is 9.19. The van der Waals surface area contributed by atoms with Crippen LogP contribution in [-0.2, 0) is 4.79 Å². The van der Waals surface area contributed by atoms with E-state index in [9.17, 15) is 4.79 Å². The molecule has 3 rings (SSSR count). The van der Waals surface area contributed by atoms with Crippen molar-refractivity contribution in [2.75, 3.05) is 66.0 Å². The van der Waals surface area contributed by atoms with Crippen LogP contribution < -0.4 is 10.6 Å². The zero-order valence-corrected chi connectivity index (χ0v) is 18.1. The summed E-state index contributed by atoms with van der Waals surface area (Å²) in [5, 5.41) is 6.71. The number of carbonyl (C=O) groups is 1. The van der Waals surface area contributed by atoms with E-state index in [2.05, 4.69) is 44.2 Å². The number of piperidine rings is 1. The normalized spacial score (nSPS) is 25.2. The Morgan fingerprint density at radius 1 is 1.07 bits per heavy atom. The number of rotatable bonds is 7. The van der Waals surface area contributed by atoms with E-state index in [0.29, 0.717) is 18.5 Å². The zero-order valence-electron chi connectivity index (χ0n) is 18.1. The van der Waals surface area contributed by atoms with Crippen molar-refractivity contribution in [3.63, 3.8) is 0 Å². The van der Waals surface area contributed by atoms with Crippen LogP contribution in [-0.4, -0.2) is 98.6 Å². The average molecular weight is 393 g/mol. The van der Waals surface area contributed by atoms with Crippen LogP contribution in [0.15, 0.2) is 4.99 Å². The average Bonchev–Trinajstić information content (AvgIpc) is 3.47. The van der Waals surface area contributed by atoms with E-state index in [0.717, 1.165) is 57.4 Å². The molecule has 0 aromatic rings. The molecule has 0 aromatic heterocycles. The number of hydrogen-bond donors (Lipinski definition) is 2. The molecule has 0 aromatic carbocycles. The first-order chi connectivity index (χ1) is 13.5. The highest BCUT2D eigenvalue weighted by molar-refractivity contribution is 5.80. The van der Waals surface area contributed by atoms with Gasteiger partial charge in [-0.1, -0.05) is 13.8 Å². The molecule has 0 spiro atoms. The van der Waals surface area contributed by atoms with Crippen molar-refractivity contribution in [1.29, 1.82) is 0 Å². The molecule has 2 aliphatic heterocycles. The Balaban J connectivity index is 1.36. The molecule has 1 aliphatic carbocycles. The molecule has 1 amide bonds. The third kappa shape index (κ3) is 6.92. The van der Waals surface area contributed by atoms with E-state index in [1.54, 1.807) is 0 Å². The summed E-state index contributed by atoms with van der Waals surface area (Å²) in [6.45, 7) is 13.5. The number of guanidine groups is 1. The van der Waals surface area contributed by atoms with Crippen LogP contribution in [0.1, 0.15) is 39.5 Å². The number of carbonyl (C=O) groups excluding carboxylic acids is 1. The maximum atomic E-state index is 12.0. The molecule has 0 bridgehead atoms. The van der Waals surface area contributed by atoms with Crippen LogP contribution in [0.3, 0.4) is 0 Å². The van der Waals surface area contributed by atoms with E-state index < -0.39 is 0 Å². The molecule has 2 saturated heterocycles. The minimum absolute atomic E-state index is 0.182. The highest BCUT2D eigenvalue weighted by Crippen LogP contribution is 2.18. The number of aliphatic imine (C=N–C) groups is 1. The molecule has 160 valence electrons. The molecular weight excluding hydrogens is 352 g/mol. The summed E-state index contributed by atoms with van der Waals surface area (Å²) < 4.78 is 0. The van der Waals surface area contributed by atoms with Gasteiger partial charge in [0.1, 0.15) is 0 Å². The van der Waals surface area contributed by atoms with Crippen LogP contribution in [0, 0.1) is 11.8 Å². The fraction of sp³-hybridized carbons (Fsp3) is 0.905. The van der Waals surface area contributed by atoms with Crippen molar-refractivity contribution in [3.8, 4) is 0 Å². The lowest BCUT2D eigenvalue weighted by atomic mass is 9.97. The Bertz CT molecular complexity index is 525. The smallest absolute Gasteiger partial charge is 0.234 e. The molecule has 1 saturated carbocycles. The number of piperazine rings is 1. The first kappa shape index (κ1) is 21.4. The third-order valence-electron chi connectivity index (χ3n) is 5.97. The molecular formula is C21H40N6O. The molecule has 2 heterocycles. The fourth-order valence-corrected chi connectivity index (χ4v) is 4.39. The Kier molecular flexibility index (Phi) is 7.97. The fourth-order valence-electron chi connectivity index (χ4n) is 4.39. The van der Waals surface area contributed by atoms with Gasteiger partial charge in [-0.15, -0.1) is 0 Å². The van der Waals surface area contributed by atoms with Gasteiger partial charge in [0.15, 0.2) is 5.96 Å². The summed E-state index contributed by atoms with van der Waals surface area (Å²) in [6.07, 6.45) is 4.91. The second-order valence-electron chi connectivity index (χ2n) is 9.19. The summed E-state index contributed by atoms with van der Waals surface area (Å²) in [5.74, 6) is 2.64. The van der Waals surface area contributed by atoms with Crippen molar-refractivity contribution >= 4 is 11.9 Å². The van der Waals surface area contributed by atoms with Gasteiger partial charge in [0.25, 0.3) is 0 Å². The van der Waals surface area contributed by atoms with Crippen molar-refractivity contribution < 1.29 is 4.79 Å². The van der Waals surface area contributed by atoms with Gasteiger partial charge < -0.3 is 20.4 Å². The van der Waals surface area contributed by atoms with E-state index in [4.69, 9.17) is 0 Å². The minimum Gasteiger partial charge on any atom is -0.356 e.